The SMILES string of the molecule is [2H]c1cc(C(C)(C)C)c([2H])c(C(C)(C)C)c1C(C)(C)C. The molecule has 0 spiro atoms. The Morgan fingerprint density at radius 2 is 1.17 bits per heavy atom. The Kier molecular flexibility index (Phi) is 3.00. The summed E-state index contributed by atoms with van der Waals surface area (Å²) in [5.41, 5.74) is 2.66. The van der Waals surface area contributed by atoms with Crippen molar-refractivity contribution in [3.05, 3.63) is 34.8 Å². The molecule has 0 heteroatoms. The van der Waals surface area contributed by atoms with Gasteiger partial charge in [-0.3, -0.25) is 0 Å². The van der Waals surface area contributed by atoms with E-state index in [2.05, 4.69) is 62.3 Å². The van der Waals surface area contributed by atoms with E-state index < -0.39 is 0 Å². The summed E-state index contributed by atoms with van der Waals surface area (Å²) in [6.07, 6.45) is 0. The van der Waals surface area contributed by atoms with Gasteiger partial charge in [-0.15, -0.1) is 0 Å². The van der Waals surface area contributed by atoms with E-state index in [9.17, 15) is 0 Å². The summed E-state index contributed by atoms with van der Waals surface area (Å²) in [5.74, 6) is 0. The fourth-order valence-electron chi connectivity index (χ4n) is 2.01. The third kappa shape index (κ3) is 3.37. The minimum absolute atomic E-state index is 0.108. The minimum atomic E-state index is -0.128. The van der Waals surface area contributed by atoms with Crippen molar-refractivity contribution in [3.63, 3.8) is 0 Å². The second kappa shape index (κ2) is 4.40. The maximum Gasteiger partial charge on any atom is 0.0629 e. The fraction of sp³-hybridized carbons (Fsp3) is 0.667. The lowest BCUT2D eigenvalue weighted by atomic mass is 9.73. The zero-order valence-corrected chi connectivity index (χ0v) is 13.6. The molecule has 1 aromatic carbocycles. The third-order valence-corrected chi connectivity index (χ3v) is 3.18. The molecule has 102 valence electrons. The van der Waals surface area contributed by atoms with Crippen molar-refractivity contribution < 1.29 is 2.74 Å². The van der Waals surface area contributed by atoms with E-state index in [-0.39, 0.29) is 16.2 Å². The van der Waals surface area contributed by atoms with E-state index in [0.717, 1.165) is 16.7 Å². The van der Waals surface area contributed by atoms with Crippen LogP contribution >= 0.6 is 0 Å². The van der Waals surface area contributed by atoms with Crippen molar-refractivity contribution in [2.24, 2.45) is 0 Å². The Bertz CT molecular complexity index is 506. The van der Waals surface area contributed by atoms with Gasteiger partial charge in [0.15, 0.2) is 0 Å². The largest absolute Gasteiger partial charge is 0.0629 e. The van der Waals surface area contributed by atoms with Crippen molar-refractivity contribution in [2.75, 3.05) is 0 Å². The van der Waals surface area contributed by atoms with Gasteiger partial charge in [-0.2, -0.15) is 0 Å². The lowest BCUT2D eigenvalue weighted by Crippen LogP contribution is -2.23. The third-order valence-electron chi connectivity index (χ3n) is 3.18. The maximum atomic E-state index is 8.69. The smallest absolute Gasteiger partial charge is 0.0582 e. The number of hydrogen-bond donors (Lipinski definition) is 0. The molecule has 1 aromatic rings. The molecule has 0 bridgehead atoms. The molecular formula is C18H30. The summed E-state index contributed by atoms with van der Waals surface area (Å²) in [4.78, 5) is 0. The van der Waals surface area contributed by atoms with Crippen LogP contribution in [0.4, 0.5) is 0 Å². The summed E-state index contributed by atoms with van der Waals surface area (Å²) < 4.78 is 17.2. The van der Waals surface area contributed by atoms with Crippen molar-refractivity contribution in [1.29, 1.82) is 0 Å². The van der Waals surface area contributed by atoms with Crippen LogP contribution in [0.2, 0.25) is 0 Å². The average molecular weight is 248 g/mol. The van der Waals surface area contributed by atoms with Gasteiger partial charge in [0.05, 0.1) is 2.74 Å². The molecule has 0 saturated heterocycles. The summed E-state index contributed by atoms with van der Waals surface area (Å²) >= 11 is 0. The minimum Gasteiger partial charge on any atom is -0.0582 e. The predicted octanol–water partition coefficient (Wildman–Crippen LogP) is 5.58. The molecule has 0 amide bonds. The molecule has 0 heterocycles. The lowest BCUT2D eigenvalue weighted by Gasteiger charge is -2.32. The van der Waals surface area contributed by atoms with E-state index in [1.54, 1.807) is 0 Å². The molecule has 0 radical (unpaired) electrons. The molecule has 0 nitrogen and oxygen atoms in total. The Morgan fingerprint density at radius 1 is 0.722 bits per heavy atom. The zero-order valence-electron chi connectivity index (χ0n) is 15.6. The highest BCUT2D eigenvalue weighted by Gasteiger charge is 2.26. The lowest BCUT2D eigenvalue weighted by molar-refractivity contribution is 0.523. The summed E-state index contributed by atoms with van der Waals surface area (Å²) in [6, 6.07) is 3.09. The molecule has 18 heavy (non-hydrogen) atoms. The van der Waals surface area contributed by atoms with Crippen LogP contribution in [0.15, 0.2) is 18.2 Å². The van der Waals surface area contributed by atoms with E-state index in [0.29, 0.717) is 12.1 Å². The molecule has 0 atom stereocenters. The molecule has 0 unspecified atom stereocenters. The van der Waals surface area contributed by atoms with Crippen LogP contribution in [0.3, 0.4) is 0 Å². The highest BCUT2D eigenvalue weighted by atomic mass is 14.3. The summed E-state index contributed by atoms with van der Waals surface area (Å²) in [5, 5.41) is 0. The fourth-order valence-corrected chi connectivity index (χ4v) is 2.01. The van der Waals surface area contributed by atoms with Gasteiger partial charge in [0, 0.05) is 0 Å². The van der Waals surface area contributed by atoms with Crippen molar-refractivity contribution in [2.45, 2.75) is 78.6 Å². The van der Waals surface area contributed by atoms with E-state index in [4.69, 9.17) is 2.74 Å². The molecule has 0 aliphatic carbocycles. The van der Waals surface area contributed by atoms with Crippen LogP contribution in [0.1, 0.15) is 81.7 Å². The Morgan fingerprint density at radius 3 is 1.50 bits per heavy atom. The van der Waals surface area contributed by atoms with Crippen molar-refractivity contribution >= 4 is 0 Å². The number of rotatable bonds is 0. The average Bonchev–Trinajstić information content (AvgIpc) is 2.14. The first-order valence-electron chi connectivity index (χ1n) is 7.83. The van der Waals surface area contributed by atoms with E-state index in [1.165, 1.54) is 0 Å². The standard InChI is InChI=1S/C18H30/c1-16(2,3)13-10-11-14(17(4,5)6)15(12-13)18(7,8)9/h10-12H,1-9H3/i11D,12D. The topological polar surface area (TPSA) is 0 Å². The number of hydrogen-bond acceptors (Lipinski definition) is 0. The first-order valence-corrected chi connectivity index (χ1v) is 6.83. The molecule has 0 aliphatic rings. The van der Waals surface area contributed by atoms with Crippen molar-refractivity contribution in [3.8, 4) is 0 Å². The molecule has 0 aromatic heterocycles. The first-order chi connectivity index (χ1) is 8.67. The maximum absolute atomic E-state index is 8.69. The Hall–Kier alpha value is -0.780. The molecule has 0 fully saturated rings. The monoisotopic (exact) mass is 248 g/mol. The number of benzene rings is 1. The predicted molar refractivity (Wildman–Crippen MR) is 82.5 cm³/mol. The van der Waals surface area contributed by atoms with Gasteiger partial charge in [-0.05, 0) is 32.9 Å². The van der Waals surface area contributed by atoms with Gasteiger partial charge in [0.1, 0.15) is 0 Å². The zero-order chi connectivity index (χ0) is 16.1. The van der Waals surface area contributed by atoms with Crippen LogP contribution in [0, 0.1) is 0 Å². The van der Waals surface area contributed by atoms with Crippen LogP contribution in [-0.2, 0) is 16.2 Å². The highest BCUT2D eigenvalue weighted by Crippen LogP contribution is 2.36. The molecule has 0 N–H and O–H groups in total. The highest BCUT2D eigenvalue weighted by molar-refractivity contribution is 5.42. The van der Waals surface area contributed by atoms with Gasteiger partial charge in [-0.1, -0.05) is 80.5 Å². The molecule has 0 saturated carbocycles. The second-order valence-corrected chi connectivity index (χ2v) is 8.33. The Labute approximate surface area is 117 Å². The second-order valence-electron chi connectivity index (χ2n) is 8.33. The molecule has 1 rings (SSSR count). The van der Waals surface area contributed by atoms with Gasteiger partial charge < -0.3 is 0 Å². The molecular weight excluding hydrogens is 216 g/mol. The van der Waals surface area contributed by atoms with Crippen molar-refractivity contribution in [1.82, 2.24) is 0 Å². The van der Waals surface area contributed by atoms with Crippen LogP contribution in [-0.4, -0.2) is 0 Å². The summed E-state index contributed by atoms with van der Waals surface area (Å²) in [7, 11) is 0. The van der Waals surface area contributed by atoms with Gasteiger partial charge in [-0.25, -0.2) is 0 Å². The first kappa shape index (κ1) is 12.3. The van der Waals surface area contributed by atoms with E-state index in [1.807, 2.05) is 6.07 Å². The van der Waals surface area contributed by atoms with Gasteiger partial charge >= 0.3 is 0 Å². The van der Waals surface area contributed by atoms with Crippen LogP contribution in [0.25, 0.3) is 0 Å². The van der Waals surface area contributed by atoms with Gasteiger partial charge in [0.25, 0.3) is 0 Å². The van der Waals surface area contributed by atoms with E-state index >= 15 is 0 Å². The van der Waals surface area contributed by atoms with Crippen LogP contribution in [0.5, 0.6) is 0 Å². The normalized spacial score (nSPS) is 15.4. The van der Waals surface area contributed by atoms with Crippen LogP contribution < -0.4 is 0 Å². The summed E-state index contributed by atoms with van der Waals surface area (Å²) in [6.45, 7) is 19.2. The Balaban J connectivity index is 3.88. The van der Waals surface area contributed by atoms with Gasteiger partial charge in [0.2, 0.25) is 0 Å². The molecule has 0 aliphatic heterocycles. The quantitative estimate of drug-likeness (QED) is 0.562.